The van der Waals surface area contributed by atoms with Crippen LogP contribution < -0.4 is 24.8 Å². The van der Waals surface area contributed by atoms with Gasteiger partial charge in [0.15, 0.2) is 17.3 Å². The Kier molecular flexibility index (Phi) is 5.79. The summed E-state index contributed by atoms with van der Waals surface area (Å²) in [4.78, 5) is 24.1. The molecule has 8 nitrogen and oxygen atoms in total. The van der Waals surface area contributed by atoms with E-state index >= 15 is 0 Å². The van der Waals surface area contributed by atoms with Crippen LogP contribution in [0.2, 0.25) is 0 Å². The minimum Gasteiger partial charge on any atom is -0.497 e. The van der Waals surface area contributed by atoms with Gasteiger partial charge in [0.25, 0.3) is 0 Å². The number of nitrogen functional groups attached to an aromatic ring is 1. The van der Waals surface area contributed by atoms with Crippen LogP contribution in [-0.2, 0) is 0 Å². The zero-order valence-corrected chi connectivity index (χ0v) is 17.9. The molecule has 0 bridgehead atoms. The number of ether oxygens (including phenoxy) is 3. The van der Waals surface area contributed by atoms with Gasteiger partial charge < -0.3 is 24.8 Å². The van der Waals surface area contributed by atoms with Crippen molar-refractivity contribution in [2.45, 2.75) is 12.8 Å². The van der Waals surface area contributed by atoms with E-state index in [1.54, 1.807) is 33.5 Å². The van der Waals surface area contributed by atoms with Gasteiger partial charge in [-0.05, 0) is 43.2 Å². The molecule has 1 aliphatic heterocycles. The number of benzene rings is 2. The lowest BCUT2D eigenvalue weighted by atomic mass is 9.89. The maximum atomic E-state index is 12.9. The number of piperidine rings is 1. The fraction of sp³-hybridized carbons (Fsp3) is 0.348. The highest BCUT2D eigenvalue weighted by Crippen LogP contribution is 2.34. The first kappa shape index (κ1) is 20.7. The molecule has 4 rings (SSSR count). The maximum Gasteiger partial charge on any atom is 0.227 e. The number of aromatic nitrogens is 2. The summed E-state index contributed by atoms with van der Waals surface area (Å²) >= 11 is 0. The van der Waals surface area contributed by atoms with Crippen LogP contribution in [0.25, 0.3) is 10.9 Å². The van der Waals surface area contributed by atoms with Crippen LogP contribution >= 0.6 is 0 Å². The minimum atomic E-state index is -0.0215. The lowest BCUT2D eigenvalue weighted by Crippen LogP contribution is -2.37. The van der Waals surface area contributed by atoms with Crippen molar-refractivity contribution in [1.82, 2.24) is 9.97 Å². The van der Waals surface area contributed by atoms with Crippen molar-refractivity contribution < 1.29 is 19.0 Å². The Labute approximate surface area is 180 Å². The van der Waals surface area contributed by atoms with Crippen molar-refractivity contribution in [3.63, 3.8) is 0 Å². The smallest absolute Gasteiger partial charge is 0.227 e. The van der Waals surface area contributed by atoms with Gasteiger partial charge in [-0.15, -0.1) is 0 Å². The van der Waals surface area contributed by atoms with Gasteiger partial charge >= 0.3 is 0 Å². The normalized spacial score (nSPS) is 14.5. The largest absolute Gasteiger partial charge is 0.497 e. The van der Waals surface area contributed by atoms with Gasteiger partial charge in [-0.3, -0.25) is 4.79 Å². The second kappa shape index (κ2) is 8.67. The summed E-state index contributed by atoms with van der Waals surface area (Å²) in [6.07, 6.45) is 1.47. The SMILES string of the molecule is COc1ccc(C(=O)C2CCN(c3nc(N)c4cc(OC)c(OC)cc4n3)CC2)cc1. The first-order valence-electron chi connectivity index (χ1n) is 10.2. The van der Waals surface area contributed by atoms with Crippen LogP contribution in [0.5, 0.6) is 17.2 Å². The van der Waals surface area contributed by atoms with Crippen LogP contribution in [0.15, 0.2) is 36.4 Å². The van der Waals surface area contributed by atoms with Gasteiger partial charge in [0.05, 0.1) is 26.8 Å². The molecule has 0 atom stereocenters. The molecule has 2 heterocycles. The number of nitrogens with two attached hydrogens (primary N) is 1. The molecule has 1 saturated heterocycles. The number of Topliss-reactive ketones (excluding diaryl/α,β-unsaturated/α-hetero) is 1. The molecule has 0 spiro atoms. The highest BCUT2D eigenvalue weighted by atomic mass is 16.5. The Morgan fingerprint density at radius 3 is 2.23 bits per heavy atom. The number of methoxy groups -OCH3 is 3. The average Bonchev–Trinajstić information content (AvgIpc) is 2.82. The van der Waals surface area contributed by atoms with E-state index in [4.69, 9.17) is 24.9 Å². The Morgan fingerprint density at radius 1 is 0.968 bits per heavy atom. The number of rotatable bonds is 6. The predicted octanol–water partition coefficient (Wildman–Crippen LogP) is 3.34. The highest BCUT2D eigenvalue weighted by molar-refractivity contribution is 5.98. The number of hydrogen-bond donors (Lipinski definition) is 1. The number of anilines is 2. The molecule has 0 saturated carbocycles. The molecule has 8 heteroatoms. The van der Waals surface area contributed by atoms with Crippen LogP contribution in [0.3, 0.4) is 0 Å². The van der Waals surface area contributed by atoms with Gasteiger partial charge in [0, 0.05) is 36.0 Å². The minimum absolute atomic E-state index is 0.0215. The molecule has 1 fully saturated rings. The molecule has 2 aromatic carbocycles. The van der Waals surface area contributed by atoms with E-state index < -0.39 is 0 Å². The number of carbonyl (C=O) groups is 1. The monoisotopic (exact) mass is 422 g/mol. The summed E-state index contributed by atoms with van der Waals surface area (Å²) in [7, 11) is 4.77. The number of carbonyl (C=O) groups excluding carboxylic acids is 1. The molecule has 31 heavy (non-hydrogen) atoms. The van der Waals surface area contributed by atoms with Crippen molar-refractivity contribution in [2.75, 3.05) is 45.1 Å². The van der Waals surface area contributed by atoms with Crippen molar-refractivity contribution in [3.05, 3.63) is 42.0 Å². The maximum absolute atomic E-state index is 12.9. The second-order valence-corrected chi connectivity index (χ2v) is 7.49. The van der Waals surface area contributed by atoms with E-state index in [1.165, 1.54) is 0 Å². The Bertz CT molecular complexity index is 1090. The molecule has 0 radical (unpaired) electrons. The van der Waals surface area contributed by atoms with Crippen molar-refractivity contribution in [1.29, 1.82) is 0 Å². The number of fused-ring (bicyclic) bond motifs is 1. The molecule has 162 valence electrons. The fourth-order valence-electron chi connectivity index (χ4n) is 3.94. The van der Waals surface area contributed by atoms with Crippen LogP contribution in [-0.4, -0.2) is 50.2 Å². The summed E-state index contributed by atoms with van der Waals surface area (Å²) in [5.41, 5.74) is 7.62. The second-order valence-electron chi connectivity index (χ2n) is 7.49. The van der Waals surface area contributed by atoms with Crippen LogP contribution in [0.1, 0.15) is 23.2 Å². The van der Waals surface area contributed by atoms with Gasteiger partial charge in [0.1, 0.15) is 11.6 Å². The quantitative estimate of drug-likeness (QED) is 0.604. The van der Waals surface area contributed by atoms with Crippen LogP contribution in [0, 0.1) is 5.92 Å². The number of ketones is 1. The Morgan fingerprint density at radius 2 is 1.61 bits per heavy atom. The number of nitrogens with zero attached hydrogens (tertiary/aromatic N) is 3. The molecule has 1 aliphatic rings. The third kappa shape index (κ3) is 4.05. The zero-order valence-electron chi connectivity index (χ0n) is 17.9. The van der Waals surface area contributed by atoms with Crippen molar-refractivity contribution in [2.24, 2.45) is 5.92 Å². The third-order valence-corrected chi connectivity index (χ3v) is 5.74. The van der Waals surface area contributed by atoms with E-state index in [0.29, 0.717) is 52.8 Å². The van der Waals surface area contributed by atoms with E-state index in [9.17, 15) is 4.79 Å². The summed E-state index contributed by atoms with van der Waals surface area (Å²) < 4.78 is 15.9. The third-order valence-electron chi connectivity index (χ3n) is 5.74. The topological polar surface area (TPSA) is 99.8 Å². The molecule has 0 unspecified atom stereocenters. The molecule has 0 aliphatic carbocycles. The lowest BCUT2D eigenvalue weighted by Gasteiger charge is -2.31. The van der Waals surface area contributed by atoms with Crippen LogP contribution in [0.4, 0.5) is 11.8 Å². The summed E-state index contributed by atoms with van der Waals surface area (Å²) in [6, 6.07) is 10.9. The fourth-order valence-corrected chi connectivity index (χ4v) is 3.94. The summed E-state index contributed by atoms with van der Waals surface area (Å²) in [5.74, 6) is 3.00. The Hall–Kier alpha value is -3.55. The first-order valence-corrected chi connectivity index (χ1v) is 10.2. The van der Waals surface area contributed by atoms with E-state index in [0.717, 1.165) is 18.6 Å². The van der Waals surface area contributed by atoms with Gasteiger partial charge in [0.2, 0.25) is 5.95 Å². The van der Waals surface area contributed by atoms with Crippen molar-refractivity contribution in [3.8, 4) is 17.2 Å². The molecule has 2 N–H and O–H groups in total. The predicted molar refractivity (Wildman–Crippen MR) is 119 cm³/mol. The van der Waals surface area contributed by atoms with Crippen molar-refractivity contribution >= 4 is 28.5 Å². The summed E-state index contributed by atoms with van der Waals surface area (Å²) in [6.45, 7) is 1.37. The van der Waals surface area contributed by atoms with E-state index in [2.05, 4.69) is 9.88 Å². The average molecular weight is 422 g/mol. The molecule has 3 aromatic rings. The number of hydrogen-bond acceptors (Lipinski definition) is 8. The van der Waals surface area contributed by atoms with Gasteiger partial charge in [-0.2, -0.15) is 4.98 Å². The van der Waals surface area contributed by atoms with Gasteiger partial charge in [-0.25, -0.2) is 4.98 Å². The molecule has 1 aromatic heterocycles. The molecular formula is C23H26N4O4. The highest BCUT2D eigenvalue weighted by Gasteiger charge is 2.27. The standard InChI is InChI=1S/C23H26N4O4/c1-29-16-6-4-14(5-7-16)21(28)15-8-10-27(11-9-15)23-25-18-13-20(31-3)19(30-2)12-17(18)22(24)26-23/h4-7,12-13,15H,8-11H2,1-3H3,(H2,24,25,26). The van der Waals surface area contributed by atoms with E-state index in [-0.39, 0.29) is 11.7 Å². The molecular weight excluding hydrogens is 396 g/mol. The first-order chi connectivity index (χ1) is 15.0. The van der Waals surface area contributed by atoms with E-state index in [1.807, 2.05) is 24.3 Å². The van der Waals surface area contributed by atoms with Gasteiger partial charge in [-0.1, -0.05) is 0 Å². The zero-order chi connectivity index (χ0) is 22.0. The lowest BCUT2D eigenvalue weighted by molar-refractivity contribution is 0.0900. The molecule has 0 amide bonds. The summed E-state index contributed by atoms with van der Waals surface area (Å²) in [5, 5.41) is 0.714. The Balaban J connectivity index is 1.50.